The van der Waals surface area contributed by atoms with E-state index >= 15 is 0 Å². The first-order chi connectivity index (χ1) is 12.5. The van der Waals surface area contributed by atoms with Crippen molar-refractivity contribution in [2.75, 3.05) is 5.32 Å². The molecule has 0 aliphatic carbocycles. The van der Waals surface area contributed by atoms with Crippen molar-refractivity contribution in [2.45, 2.75) is 46.0 Å². The number of nitrogens with one attached hydrogen (secondary N) is 1. The van der Waals surface area contributed by atoms with Gasteiger partial charge in [-0.2, -0.15) is 0 Å². The first-order valence-electron chi connectivity index (χ1n) is 8.88. The predicted octanol–water partition coefficient (Wildman–Crippen LogP) is 5.33. The van der Waals surface area contributed by atoms with Crippen molar-refractivity contribution < 1.29 is 9.21 Å². The van der Waals surface area contributed by atoms with Crippen LogP contribution >= 0.6 is 11.3 Å². The number of thiazole rings is 1. The van der Waals surface area contributed by atoms with E-state index in [2.05, 4.69) is 48.4 Å². The first-order valence-corrected chi connectivity index (χ1v) is 9.70. The van der Waals surface area contributed by atoms with E-state index in [4.69, 9.17) is 4.42 Å². The number of rotatable bonds is 7. The molecule has 0 bridgehead atoms. The summed E-state index contributed by atoms with van der Waals surface area (Å²) in [6.45, 7) is 6.29. The van der Waals surface area contributed by atoms with Crippen LogP contribution in [0.4, 0.5) is 5.13 Å². The number of furan rings is 1. The summed E-state index contributed by atoms with van der Waals surface area (Å²) < 4.78 is 5.48. The lowest BCUT2D eigenvalue weighted by atomic mass is 10.0. The molecule has 3 aromatic rings. The molecule has 0 spiro atoms. The molecule has 0 saturated heterocycles. The molecule has 136 valence electrons. The number of benzene rings is 1. The molecule has 4 nitrogen and oxygen atoms in total. The molecular weight excluding hydrogens is 344 g/mol. The molecular formula is C21H24N2O2S. The van der Waals surface area contributed by atoms with Crippen molar-refractivity contribution in [3.63, 3.8) is 0 Å². The molecule has 0 unspecified atom stereocenters. The fraction of sp³-hybridized carbons (Fsp3) is 0.333. The van der Waals surface area contributed by atoms with Crippen molar-refractivity contribution in [3.8, 4) is 0 Å². The Labute approximate surface area is 158 Å². The molecule has 1 N–H and O–H groups in total. The molecule has 3 rings (SSSR count). The summed E-state index contributed by atoms with van der Waals surface area (Å²) in [5, 5.41) is 3.53. The molecule has 0 radical (unpaired) electrons. The quantitative estimate of drug-likeness (QED) is 0.613. The van der Waals surface area contributed by atoms with Gasteiger partial charge in [-0.3, -0.25) is 4.79 Å². The zero-order valence-corrected chi connectivity index (χ0v) is 16.2. The molecule has 1 aromatic carbocycles. The number of aryl methyl sites for hydroxylation is 2. The molecule has 1 amide bonds. The minimum atomic E-state index is -0.0405. The molecule has 26 heavy (non-hydrogen) atoms. The summed E-state index contributed by atoms with van der Waals surface area (Å²) in [5.41, 5.74) is 2.60. The van der Waals surface area contributed by atoms with Crippen LogP contribution in [0.2, 0.25) is 0 Å². The number of hydrogen-bond donors (Lipinski definition) is 1. The molecule has 2 aromatic heterocycles. The van der Waals surface area contributed by atoms with E-state index in [9.17, 15) is 4.79 Å². The lowest BCUT2D eigenvalue weighted by Crippen LogP contribution is -2.11. The van der Waals surface area contributed by atoms with Gasteiger partial charge in [0.05, 0.1) is 0 Å². The average Bonchev–Trinajstić information content (AvgIpc) is 3.22. The Morgan fingerprint density at radius 1 is 1.19 bits per heavy atom. The largest absolute Gasteiger partial charge is 0.466 e. The molecule has 0 aliphatic rings. The highest BCUT2D eigenvalue weighted by Gasteiger charge is 2.09. The summed E-state index contributed by atoms with van der Waals surface area (Å²) in [5.74, 6) is 2.20. The van der Waals surface area contributed by atoms with Gasteiger partial charge in [-0.15, -0.1) is 11.3 Å². The highest BCUT2D eigenvalue weighted by molar-refractivity contribution is 7.15. The normalized spacial score (nSPS) is 11.1. The Hall–Kier alpha value is -2.40. The van der Waals surface area contributed by atoms with Crippen LogP contribution in [0.15, 0.2) is 47.0 Å². The van der Waals surface area contributed by atoms with Crippen molar-refractivity contribution in [1.29, 1.82) is 0 Å². The van der Waals surface area contributed by atoms with Crippen LogP contribution in [0.25, 0.3) is 0 Å². The van der Waals surface area contributed by atoms with Gasteiger partial charge >= 0.3 is 0 Å². The second-order valence-corrected chi connectivity index (χ2v) is 7.88. The molecule has 0 saturated carbocycles. The van der Waals surface area contributed by atoms with Crippen LogP contribution in [0.1, 0.15) is 53.7 Å². The van der Waals surface area contributed by atoms with Crippen molar-refractivity contribution in [3.05, 3.63) is 70.1 Å². The highest BCUT2D eigenvalue weighted by Crippen LogP contribution is 2.23. The molecule has 0 atom stereocenters. The lowest BCUT2D eigenvalue weighted by Gasteiger charge is -2.06. The minimum Gasteiger partial charge on any atom is -0.466 e. The van der Waals surface area contributed by atoms with E-state index in [-0.39, 0.29) is 5.91 Å². The van der Waals surface area contributed by atoms with Gasteiger partial charge in [-0.25, -0.2) is 4.98 Å². The maximum atomic E-state index is 12.1. The van der Waals surface area contributed by atoms with Gasteiger partial charge in [0.15, 0.2) is 5.13 Å². The summed E-state index contributed by atoms with van der Waals surface area (Å²) in [6, 6.07) is 12.5. The zero-order chi connectivity index (χ0) is 18.5. The van der Waals surface area contributed by atoms with Crippen LogP contribution < -0.4 is 5.32 Å². The van der Waals surface area contributed by atoms with Crippen molar-refractivity contribution in [1.82, 2.24) is 4.98 Å². The Kier molecular flexibility index (Phi) is 5.89. The van der Waals surface area contributed by atoms with E-state index in [1.54, 1.807) is 0 Å². The monoisotopic (exact) mass is 368 g/mol. The lowest BCUT2D eigenvalue weighted by molar-refractivity contribution is -0.116. The Balaban J connectivity index is 1.51. The SMILES string of the molecule is Cc1ccc(CCC(=O)Nc2ncc(Cc3ccc(C(C)C)cc3)s2)o1. The third-order valence-corrected chi connectivity index (χ3v) is 5.13. The second kappa shape index (κ2) is 8.32. The van der Waals surface area contributed by atoms with Crippen molar-refractivity contribution in [2.24, 2.45) is 0 Å². The number of nitrogens with zero attached hydrogens (tertiary/aromatic N) is 1. The van der Waals surface area contributed by atoms with Gasteiger partial charge in [-0.1, -0.05) is 38.1 Å². The topological polar surface area (TPSA) is 55.1 Å². The zero-order valence-electron chi connectivity index (χ0n) is 15.4. The van der Waals surface area contributed by atoms with Gasteiger partial charge in [0.2, 0.25) is 5.91 Å². The van der Waals surface area contributed by atoms with E-state index < -0.39 is 0 Å². The maximum absolute atomic E-state index is 12.1. The summed E-state index contributed by atoms with van der Waals surface area (Å²) in [6.07, 6.45) is 3.66. The second-order valence-electron chi connectivity index (χ2n) is 6.77. The van der Waals surface area contributed by atoms with E-state index in [0.29, 0.717) is 23.9 Å². The van der Waals surface area contributed by atoms with Crippen LogP contribution in [0, 0.1) is 6.92 Å². The summed E-state index contributed by atoms with van der Waals surface area (Å²) >= 11 is 1.53. The van der Waals surface area contributed by atoms with Crippen LogP contribution in [-0.4, -0.2) is 10.9 Å². The van der Waals surface area contributed by atoms with Gasteiger partial charge in [0, 0.05) is 30.3 Å². The molecule has 5 heteroatoms. The Bertz CT molecular complexity index is 862. The minimum absolute atomic E-state index is 0.0405. The van der Waals surface area contributed by atoms with E-state index in [0.717, 1.165) is 22.8 Å². The molecule has 2 heterocycles. The highest BCUT2D eigenvalue weighted by atomic mass is 32.1. The standard InChI is InChI=1S/C21H24N2O2S/c1-14(2)17-7-5-16(6-8-17)12-19-13-22-21(26-19)23-20(24)11-10-18-9-4-15(3)25-18/h4-9,13-14H,10-12H2,1-3H3,(H,22,23,24). The van der Waals surface area contributed by atoms with E-state index in [1.807, 2.05) is 25.3 Å². The predicted molar refractivity (Wildman–Crippen MR) is 106 cm³/mol. The number of anilines is 1. The number of hydrogen-bond acceptors (Lipinski definition) is 4. The Morgan fingerprint density at radius 3 is 2.62 bits per heavy atom. The number of amides is 1. The maximum Gasteiger partial charge on any atom is 0.226 e. The number of aromatic nitrogens is 1. The fourth-order valence-corrected chi connectivity index (χ4v) is 3.57. The van der Waals surface area contributed by atoms with E-state index in [1.165, 1.54) is 22.5 Å². The third kappa shape index (κ3) is 5.05. The summed E-state index contributed by atoms with van der Waals surface area (Å²) in [7, 11) is 0. The fourth-order valence-electron chi connectivity index (χ4n) is 2.71. The molecule has 0 fully saturated rings. The number of carbonyl (C=O) groups excluding carboxylic acids is 1. The third-order valence-electron chi connectivity index (χ3n) is 4.22. The summed E-state index contributed by atoms with van der Waals surface area (Å²) in [4.78, 5) is 17.5. The van der Waals surface area contributed by atoms with Crippen LogP contribution in [0.5, 0.6) is 0 Å². The number of carbonyl (C=O) groups is 1. The molecule has 0 aliphatic heterocycles. The van der Waals surface area contributed by atoms with Gasteiger partial charge in [0.1, 0.15) is 11.5 Å². The Morgan fingerprint density at radius 2 is 1.96 bits per heavy atom. The van der Waals surface area contributed by atoms with Gasteiger partial charge in [0.25, 0.3) is 0 Å². The first kappa shape index (κ1) is 18.4. The van der Waals surface area contributed by atoms with Crippen LogP contribution in [0.3, 0.4) is 0 Å². The van der Waals surface area contributed by atoms with Gasteiger partial charge < -0.3 is 9.73 Å². The average molecular weight is 369 g/mol. The van der Waals surface area contributed by atoms with Crippen molar-refractivity contribution >= 4 is 22.4 Å². The van der Waals surface area contributed by atoms with Crippen LogP contribution in [-0.2, 0) is 17.6 Å². The van der Waals surface area contributed by atoms with Gasteiger partial charge in [-0.05, 0) is 36.1 Å². The smallest absolute Gasteiger partial charge is 0.226 e.